The number of nitriles is 1. The van der Waals surface area contributed by atoms with E-state index >= 15 is 0 Å². The first kappa shape index (κ1) is 16.5. The highest BCUT2D eigenvalue weighted by Gasteiger charge is 2.16. The van der Waals surface area contributed by atoms with Crippen LogP contribution < -0.4 is 5.32 Å². The van der Waals surface area contributed by atoms with Gasteiger partial charge in [0.15, 0.2) is 6.10 Å². The number of anilines is 1. The molecule has 0 bridgehead atoms. The molecule has 0 aliphatic heterocycles. The summed E-state index contributed by atoms with van der Waals surface area (Å²) in [6, 6.07) is 10.4. The zero-order valence-corrected chi connectivity index (χ0v) is 13.2. The molecule has 1 aromatic heterocycles. The quantitative estimate of drug-likeness (QED) is 0.676. The van der Waals surface area contributed by atoms with Gasteiger partial charge in [-0.15, -0.1) is 0 Å². The third-order valence-corrected chi connectivity index (χ3v) is 3.58. The van der Waals surface area contributed by atoms with E-state index in [2.05, 4.69) is 5.32 Å². The van der Waals surface area contributed by atoms with E-state index in [0.717, 1.165) is 5.56 Å². The van der Waals surface area contributed by atoms with Crippen LogP contribution in [-0.2, 0) is 14.3 Å². The number of benzene rings is 1. The Bertz CT molecular complexity index is 760. The van der Waals surface area contributed by atoms with Gasteiger partial charge in [-0.2, -0.15) is 16.6 Å². The van der Waals surface area contributed by atoms with Gasteiger partial charge in [-0.25, -0.2) is 4.79 Å². The highest BCUT2D eigenvalue weighted by atomic mass is 32.1. The molecule has 0 spiro atoms. The Labute approximate surface area is 137 Å². The number of carbonyl (C=O) groups excluding carboxylic acids is 2. The van der Waals surface area contributed by atoms with Crippen LogP contribution in [0.1, 0.15) is 18.1 Å². The average Bonchev–Trinajstić information content (AvgIpc) is 3.06. The molecule has 0 saturated heterocycles. The van der Waals surface area contributed by atoms with Crippen LogP contribution in [-0.4, -0.2) is 18.0 Å². The van der Waals surface area contributed by atoms with Crippen LogP contribution in [0.15, 0.2) is 47.2 Å². The van der Waals surface area contributed by atoms with Gasteiger partial charge in [-0.05, 0) is 53.6 Å². The lowest BCUT2D eigenvalue weighted by molar-refractivity contribution is -0.148. The Morgan fingerprint density at radius 3 is 2.91 bits per heavy atom. The molecule has 0 aliphatic rings. The molecule has 0 saturated carbocycles. The van der Waals surface area contributed by atoms with Gasteiger partial charge in [0.2, 0.25) is 0 Å². The molecule has 116 valence electrons. The van der Waals surface area contributed by atoms with Crippen LogP contribution in [0.3, 0.4) is 0 Å². The maximum absolute atomic E-state index is 12.0. The van der Waals surface area contributed by atoms with E-state index in [0.29, 0.717) is 11.3 Å². The second kappa shape index (κ2) is 7.92. The van der Waals surface area contributed by atoms with Crippen LogP contribution >= 0.6 is 11.3 Å². The van der Waals surface area contributed by atoms with Gasteiger partial charge in [0.05, 0.1) is 11.6 Å². The van der Waals surface area contributed by atoms with Crippen molar-refractivity contribution in [2.24, 2.45) is 0 Å². The summed E-state index contributed by atoms with van der Waals surface area (Å²) in [7, 11) is 0. The summed E-state index contributed by atoms with van der Waals surface area (Å²) >= 11 is 1.52. The maximum Gasteiger partial charge on any atom is 0.331 e. The van der Waals surface area contributed by atoms with Crippen LogP contribution in [0.5, 0.6) is 0 Å². The molecule has 1 amide bonds. The first-order valence-electron chi connectivity index (χ1n) is 6.80. The Morgan fingerprint density at radius 2 is 2.22 bits per heavy atom. The summed E-state index contributed by atoms with van der Waals surface area (Å²) in [5.41, 5.74) is 1.81. The Balaban J connectivity index is 1.89. The third kappa shape index (κ3) is 5.09. The van der Waals surface area contributed by atoms with Crippen molar-refractivity contribution in [2.75, 3.05) is 5.32 Å². The third-order valence-electron chi connectivity index (χ3n) is 2.88. The molecular formula is C17H14N2O3S. The zero-order valence-electron chi connectivity index (χ0n) is 12.4. The fourth-order valence-electron chi connectivity index (χ4n) is 1.71. The predicted molar refractivity (Wildman–Crippen MR) is 88.7 cm³/mol. The molecule has 0 aliphatic carbocycles. The molecule has 0 unspecified atom stereocenters. The van der Waals surface area contributed by atoms with Crippen LogP contribution in [0.2, 0.25) is 0 Å². The van der Waals surface area contributed by atoms with E-state index in [1.54, 1.807) is 30.3 Å². The lowest BCUT2D eigenvalue weighted by atomic mass is 10.2. The number of amides is 1. The maximum atomic E-state index is 12.0. The van der Waals surface area contributed by atoms with Crippen molar-refractivity contribution < 1.29 is 14.3 Å². The summed E-state index contributed by atoms with van der Waals surface area (Å²) in [5.74, 6) is -1.05. The molecular weight excluding hydrogens is 312 g/mol. The van der Waals surface area contributed by atoms with E-state index in [1.165, 1.54) is 24.3 Å². The van der Waals surface area contributed by atoms with Gasteiger partial charge in [-0.3, -0.25) is 4.79 Å². The second-order valence-electron chi connectivity index (χ2n) is 4.65. The van der Waals surface area contributed by atoms with Crippen molar-refractivity contribution in [2.45, 2.75) is 13.0 Å². The highest BCUT2D eigenvalue weighted by molar-refractivity contribution is 7.08. The van der Waals surface area contributed by atoms with E-state index in [4.69, 9.17) is 10.00 Å². The molecule has 0 fully saturated rings. The van der Waals surface area contributed by atoms with Crippen LogP contribution in [0.25, 0.3) is 6.08 Å². The van der Waals surface area contributed by atoms with Crippen molar-refractivity contribution in [3.63, 3.8) is 0 Å². The molecule has 1 aromatic carbocycles. The number of esters is 1. The molecule has 1 heterocycles. The number of hydrogen-bond acceptors (Lipinski definition) is 5. The van der Waals surface area contributed by atoms with Gasteiger partial charge in [0.1, 0.15) is 0 Å². The average molecular weight is 326 g/mol. The minimum absolute atomic E-state index is 0.436. The smallest absolute Gasteiger partial charge is 0.331 e. The number of nitrogens with zero attached hydrogens (tertiary/aromatic N) is 1. The number of rotatable bonds is 5. The topological polar surface area (TPSA) is 79.2 Å². The van der Waals surface area contributed by atoms with E-state index < -0.39 is 18.0 Å². The normalized spacial score (nSPS) is 11.7. The minimum Gasteiger partial charge on any atom is -0.449 e. The lowest BCUT2D eigenvalue weighted by Gasteiger charge is -2.12. The van der Waals surface area contributed by atoms with E-state index in [1.807, 2.05) is 22.9 Å². The van der Waals surface area contributed by atoms with Crippen LogP contribution in [0.4, 0.5) is 5.69 Å². The molecule has 6 heteroatoms. The van der Waals surface area contributed by atoms with Crippen LogP contribution in [0, 0.1) is 11.3 Å². The highest BCUT2D eigenvalue weighted by Crippen LogP contribution is 2.11. The monoisotopic (exact) mass is 326 g/mol. The van der Waals surface area contributed by atoms with E-state index in [9.17, 15) is 9.59 Å². The molecule has 2 rings (SSSR count). The van der Waals surface area contributed by atoms with Crippen molar-refractivity contribution in [1.82, 2.24) is 0 Å². The fourth-order valence-corrected chi connectivity index (χ4v) is 2.34. The van der Waals surface area contributed by atoms with Crippen molar-refractivity contribution in [3.8, 4) is 6.07 Å². The summed E-state index contributed by atoms with van der Waals surface area (Å²) in [6.45, 7) is 1.49. The number of hydrogen-bond donors (Lipinski definition) is 1. The number of nitrogens with one attached hydrogen (secondary N) is 1. The standard InChI is InChI=1S/C17H14N2O3S/c1-12(22-16(20)6-5-13-7-8-23-11-13)17(21)19-15-4-2-3-14(9-15)10-18/h2-9,11-12H,1H3,(H,19,21)/b6-5+/t12-/m0/s1. The van der Waals surface area contributed by atoms with E-state index in [-0.39, 0.29) is 0 Å². The van der Waals surface area contributed by atoms with Gasteiger partial charge in [-0.1, -0.05) is 6.07 Å². The minimum atomic E-state index is -0.944. The van der Waals surface area contributed by atoms with Crippen molar-refractivity contribution >= 4 is 35.0 Å². The SMILES string of the molecule is C[C@H](OC(=O)/C=C/c1ccsc1)C(=O)Nc1cccc(C#N)c1. The molecule has 1 N–H and O–H groups in total. The van der Waals surface area contributed by atoms with Gasteiger partial charge < -0.3 is 10.1 Å². The summed E-state index contributed by atoms with van der Waals surface area (Å²) in [5, 5.41) is 15.2. The Morgan fingerprint density at radius 1 is 1.39 bits per heavy atom. The molecule has 0 radical (unpaired) electrons. The Hall–Kier alpha value is -2.91. The largest absolute Gasteiger partial charge is 0.449 e. The first-order chi connectivity index (χ1) is 11.1. The predicted octanol–water partition coefficient (Wildman–Crippen LogP) is 3.20. The van der Waals surface area contributed by atoms with Gasteiger partial charge >= 0.3 is 5.97 Å². The van der Waals surface area contributed by atoms with Crippen molar-refractivity contribution in [1.29, 1.82) is 5.26 Å². The first-order valence-corrected chi connectivity index (χ1v) is 7.74. The summed E-state index contributed by atoms with van der Waals surface area (Å²) in [6.07, 6.45) is 1.96. The summed E-state index contributed by atoms with van der Waals surface area (Å²) < 4.78 is 5.04. The molecule has 1 atom stereocenters. The summed E-state index contributed by atoms with van der Waals surface area (Å²) in [4.78, 5) is 23.7. The molecule has 5 nitrogen and oxygen atoms in total. The molecule has 2 aromatic rings. The Kier molecular flexibility index (Phi) is 5.67. The van der Waals surface area contributed by atoms with Crippen molar-refractivity contribution in [3.05, 3.63) is 58.3 Å². The number of carbonyl (C=O) groups is 2. The van der Waals surface area contributed by atoms with Gasteiger partial charge in [0, 0.05) is 11.8 Å². The fraction of sp³-hybridized carbons (Fsp3) is 0.118. The number of ether oxygens (including phenoxy) is 1. The lowest BCUT2D eigenvalue weighted by Crippen LogP contribution is -2.29. The zero-order chi connectivity index (χ0) is 16.7. The molecule has 23 heavy (non-hydrogen) atoms. The van der Waals surface area contributed by atoms with Gasteiger partial charge in [0.25, 0.3) is 5.91 Å². The second-order valence-corrected chi connectivity index (χ2v) is 5.43. The number of thiophene rings is 1.